The minimum absolute atomic E-state index is 0.0220. The van der Waals surface area contributed by atoms with Crippen molar-refractivity contribution < 1.29 is 9.59 Å². The van der Waals surface area contributed by atoms with Crippen LogP contribution >= 0.6 is 0 Å². The van der Waals surface area contributed by atoms with Crippen molar-refractivity contribution in [1.82, 2.24) is 15.1 Å². The summed E-state index contributed by atoms with van der Waals surface area (Å²) in [7, 11) is 0. The Balaban J connectivity index is 1.50. The van der Waals surface area contributed by atoms with E-state index in [0.29, 0.717) is 0 Å². The van der Waals surface area contributed by atoms with E-state index >= 15 is 0 Å². The van der Waals surface area contributed by atoms with Crippen molar-refractivity contribution >= 4 is 11.8 Å². The van der Waals surface area contributed by atoms with Gasteiger partial charge in [-0.25, -0.2) is 0 Å². The second-order valence-corrected chi connectivity index (χ2v) is 7.32. The van der Waals surface area contributed by atoms with Gasteiger partial charge in [-0.3, -0.25) is 14.5 Å². The molecule has 2 aliphatic heterocycles. The SMILES string of the molecule is C[C@H](NC(=O)[C@@H]1CCCN(Cc2ccccc2)C1)C(=O)N1CCCC1. The number of carbonyl (C=O) groups is 2. The minimum atomic E-state index is -0.421. The van der Waals surface area contributed by atoms with Crippen LogP contribution in [0, 0.1) is 5.92 Å². The topological polar surface area (TPSA) is 52.7 Å². The summed E-state index contributed by atoms with van der Waals surface area (Å²) in [6.07, 6.45) is 4.08. The fourth-order valence-corrected chi connectivity index (χ4v) is 3.86. The number of carbonyl (C=O) groups excluding carboxylic acids is 2. The minimum Gasteiger partial charge on any atom is -0.344 e. The number of nitrogens with zero attached hydrogens (tertiary/aromatic N) is 2. The van der Waals surface area contributed by atoms with Gasteiger partial charge in [0.05, 0.1) is 5.92 Å². The molecular weight excluding hydrogens is 314 g/mol. The van der Waals surface area contributed by atoms with Crippen LogP contribution in [-0.4, -0.2) is 53.8 Å². The van der Waals surface area contributed by atoms with E-state index in [9.17, 15) is 9.59 Å². The Kier molecular flexibility index (Phi) is 6.08. The first-order chi connectivity index (χ1) is 12.1. The van der Waals surface area contributed by atoms with Crippen LogP contribution in [-0.2, 0) is 16.1 Å². The molecule has 5 nitrogen and oxygen atoms in total. The molecule has 25 heavy (non-hydrogen) atoms. The van der Waals surface area contributed by atoms with Gasteiger partial charge in [-0.05, 0) is 44.7 Å². The van der Waals surface area contributed by atoms with Crippen molar-refractivity contribution in [2.24, 2.45) is 5.92 Å². The molecule has 2 aliphatic rings. The fourth-order valence-electron chi connectivity index (χ4n) is 3.86. The summed E-state index contributed by atoms with van der Waals surface area (Å²) in [4.78, 5) is 29.2. The largest absolute Gasteiger partial charge is 0.344 e. The van der Waals surface area contributed by atoms with Gasteiger partial charge in [0.2, 0.25) is 11.8 Å². The molecule has 0 unspecified atom stereocenters. The van der Waals surface area contributed by atoms with Crippen LogP contribution in [0.4, 0.5) is 0 Å². The molecule has 0 spiro atoms. The van der Waals surface area contributed by atoms with E-state index in [-0.39, 0.29) is 17.7 Å². The third kappa shape index (κ3) is 4.82. The van der Waals surface area contributed by atoms with E-state index in [2.05, 4.69) is 34.5 Å². The molecule has 2 saturated heterocycles. The summed E-state index contributed by atoms with van der Waals surface area (Å²) in [5, 5.41) is 2.95. The molecule has 2 fully saturated rings. The van der Waals surface area contributed by atoms with Crippen LogP contribution in [0.5, 0.6) is 0 Å². The van der Waals surface area contributed by atoms with E-state index in [1.165, 1.54) is 5.56 Å². The highest BCUT2D eigenvalue weighted by Gasteiger charge is 2.29. The molecule has 0 aromatic heterocycles. The van der Waals surface area contributed by atoms with Crippen molar-refractivity contribution in [3.8, 4) is 0 Å². The van der Waals surface area contributed by atoms with Crippen LogP contribution < -0.4 is 5.32 Å². The number of hydrogen-bond acceptors (Lipinski definition) is 3. The summed E-state index contributed by atoms with van der Waals surface area (Å²) in [6, 6.07) is 9.95. The number of amides is 2. The van der Waals surface area contributed by atoms with E-state index in [1.807, 2.05) is 17.9 Å². The Morgan fingerprint density at radius 3 is 2.56 bits per heavy atom. The highest BCUT2D eigenvalue weighted by molar-refractivity contribution is 5.88. The molecule has 5 heteroatoms. The molecule has 136 valence electrons. The van der Waals surface area contributed by atoms with Crippen LogP contribution in [0.3, 0.4) is 0 Å². The van der Waals surface area contributed by atoms with E-state index in [0.717, 1.165) is 58.4 Å². The monoisotopic (exact) mass is 343 g/mol. The van der Waals surface area contributed by atoms with Crippen LogP contribution in [0.25, 0.3) is 0 Å². The van der Waals surface area contributed by atoms with Crippen molar-refractivity contribution in [3.05, 3.63) is 35.9 Å². The van der Waals surface area contributed by atoms with Gasteiger partial charge < -0.3 is 10.2 Å². The second-order valence-electron chi connectivity index (χ2n) is 7.32. The lowest BCUT2D eigenvalue weighted by Crippen LogP contribution is -2.50. The van der Waals surface area contributed by atoms with Gasteiger partial charge in [0.1, 0.15) is 6.04 Å². The zero-order chi connectivity index (χ0) is 17.6. The predicted octanol–water partition coefficient (Wildman–Crippen LogP) is 2.03. The Hall–Kier alpha value is -1.88. The number of nitrogens with one attached hydrogen (secondary N) is 1. The number of rotatable bonds is 5. The average molecular weight is 343 g/mol. The molecule has 1 aromatic rings. The maximum Gasteiger partial charge on any atom is 0.244 e. The molecule has 0 radical (unpaired) electrons. The van der Waals surface area contributed by atoms with E-state index in [1.54, 1.807) is 0 Å². The van der Waals surface area contributed by atoms with E-state index in [4.69, 9.17) is 0 Å². The van der Waals surface area contributed by atoms with Crippen molar-refractivity contribution in [3.63, 3.8) is 0 Å². The van der Waals surface area contributed by atoms with E-state index < -0.39 is 6.04 Å². The molecular formula is C20H29N3O2. The molecule has 2 amide bonds. The Morgan fingerprint density at radius 1 is 1.12 bits per heavy atom. The second kappa shape index (κ2) is 8.48. The zero-order valence-electron chi connectivity index (χ0n) is 15.1. The maximum absolute atomic E-state index is 12.6. The molecule has 3 rings (SSSR count). The van der Waals surface area contributed by atoms with Crippen LogP contribution in [0.2, 0.25) is 0 Å². The first-order valence-electron chi connectivity index (χ1n) is 9.49. The van der Waals surface area contributed by atoms with Gasteiger partial charge in [-0.1, -0.05) is 30.3 Å². The van der Waals surface area contributed by atoms with Crippen LogP contribution in [0.1, 0.15) is 38.2 Å². The Labute approximate surface area is 150 Å². The fraction of sp³-hybridized carbons (Fsp3) is 0.600. The lowest BCUT2D eigenvalue weighted by atomic mass is 9.96. The summed E-state index contributed by atoms with van der Waals surface area (Å²) < 4.78 is 0. The van der Waals surface area contributed by atoms with Crippen molar-refractivity contribution in [1.29, 1.82) is 0 Å². The zero-order valence-corrected chi connectivity index (χ0v) is 15.1. The van der Waals surface area contributed by atoms with Gasteiger partial charge >= 0.3 is 0 Å². The van der Waals surface area contributed by atoms with Gasteiger partial charge in [0, 0.05) is 26.2 Å². The highest BCUT2D eigenvalue weighted by Crippen LogP contribution is 2.19. The molecule has 1 N–H and O–H groups in total. The number of hydrogen-bond donors (Lipinski definition) is 1. The highest BCUT2D eigenvalue weighted by atomic mass is 16.2. The first kappa shape index (κ1) is 17.9. The summed E-state index contributed by atoms with van der Waals surface area (Å²) >= 11 is 0. The Bertz CT molecular complexity index is 584. The van der Waals surface area contributed by atoms with Crippen molar-refractivity contribution in [2.75, 3.05) is 26.2 Å². The predicted molar refractivity (Wildman–Crippen MR) is 97.9 cm³/mol. The summed E-state index contributed by atoms with van der Waals surface area (Å²) in [6.45, 7) is 6.14. The van der Waals surface area contributed by atoms with Gasteiger partial charge in [-0.15, -0.1) is 0 Å². The first-order valence-corrected chi connectivity index (χ1v) is 9.49. The molecule has 0 aliphatic carbocycles. The average Bonchev–Trinajstić information content (AvgIpc) is 3.16. The molecule has 2 atom stereocenters. The molecule has 2 heterocycles. The van der Waals surface area contributed by atoms with Gasteiger partial charge in [-0.2, -0.15) is 0 Å². The van der Waals surface area contributed by atoms with Gasteiger partial charge in [0.25, 0.3) is 0 Å². The lowest BCUT2D eigenvalue weighted by molar-refractivity contribution is -0.136. The number of benzene rings is 1. The summed E-state index contributed by atoms with van der Waals surface area (Å²) in [5.41, 5.74) is 1.28. The number of likely N-dealkylation sites (tertiary alicyclic amines) is 2. The smallest absolute Gasteiger partial charge is 0.244 e. The molecule has 0 bridgehead atoms. The maximum atomic E-state index is 12.6. The number of piperidine rings is 1. The van der Waals surface area contributed by atoms with Crippen LogP contribution in [0.15, 0.2) is 30.3 Å². The third-order valence-corrected chi connectivity index (χ3v) is 5.27. The quantitative estimate of drug-likeness (QED) is 0.890. The Morgan fingerprint density at radius 2 is 1.84 bits per heavy atom. The normalized spacial score (nSPS) is 22.6. The standard InChI is InChI=1S/C20H29N3O2/c1-16(20(25)23-12-5-6-13-23)21-19(24)18-10-7-11-22(15-18)14-17-8-3-2-4-9-17/h2-4,8-9,16,18H,5-7,10-15H2,1H3,(H,21,24)/t16-,18+/m0/s1. The third-order valence-electron chi connectivity index (χ3n) is 5.27. The summed E-state index contributed by atoms with van der Waals surface area (Å²) in [5.74, 6) is 0.0619. The van der Waals surface area contributed by atoms with Gasteiger partial charge in [0.15, 0.2) is 0 Å². The lowest BCUT2D eigenvalue weighted by Gasteiger charge is -2.32. The molecule has 0 saturated carbocycles. The van der Waals surface area contributed by atoms with Crippen molar-refractivity contribution in [2.45, 2.75) is 45.2 Å². The molecule has 1 aromatic carbocycles.